The molecule has 9 heteroatoms. The first-order valence-corrected chi connectivity index (χ1v) is 14.6. The summed E-state index contributed by atoms with van der Waals surface area (Å²) < 4.78 is 35.7. The van der Waals surface area contributed by atoms with Gasteiger partial charge in [-0.1, -0.05) is 50.6 Å². The van der Waals surface area contributed by atoms with Gasteiger partial charge in [0.15, 0.2) is 6.23 Å². The second-order valence-corrected chi connectivity index (χ2v) is 12.2. The topological polar surface area (TPSA) is 82.8 Å². The Kier molecular flexibility index (Phi) is 7.85. The molecule has 3 aliphatic rings. The van der Waals surface area contributed by atoms with Crippen LogP contribution in [0, 0.1) is 17.3 Å². The van der Waals surface area contributed by atoms with Crippen LogP contribution >= 0.6 is 0 Å². The number of nitrogens with zero attached hydrogens (tertiary/aromatic N) is 2. The van der Waals surface area contributed by atoms with Crippen LogP contribution in [0.1, 0.15) is 75.3 Å². The van der Waals surface area contributed by atoms with E-state index in [1.165, 1.54) is 0 Å². The lowest BCUT2D eigenvalue weighted by Gasteiger charge is -2.39. The highest BCUT2D eigenvalue weighted by molar-refractivity contribution is 6.56. The Morgan fingerprint density at radius 3 is 2.41 bits per heavy atom. The van der Waals surface area contributed by atoms with Gasteiger partial charge in [-0.25, -0.2) is 9.48 Å². The normalized spacial score (nSPS) is 22.1. The molecule has 3 fully saturated rings. The van der Waals surface area contributed by atoms with Gasteiger partial charge in [-0.2, -0.15) is 4.39 Å². The number of benzene rings is 2. The van der Waals surface area contributed by atoms with Crippen molar-refractivity contribution in [2.45, 2.75) is 58.6 Å². The van der Waals surface area contributed by atoms with Gasteiger partial charge in [0.25, 0.3) is 0 Å². The van der Waals surface area contributed by atoms with E-state index in [0.717, 1.165) is 72.3 Å². The molecule has 2 aliphatic heterocycles. The SMILES string of the molecule is CC1(C)COB(/C(=C(\c2ccc(C=CC(=O)O)cc2)c2ccc3c(c2)c(F)nn3C2CCCCO2)C2CCC2)OC1. The molecule has 0 spiro atoms. The van der Waals surface area contributed by atoms with Crippen molar-refractivity contribution in [1.82, 2.24) is 9.78 Å². The van der Waals surface area contributed by atoms with Gasteiger partial charge < -0.3 is 19.2 Å². The highest BCUT2D eigenvalue weighted by atomic mass is 19.1. The fourth-order valence-electron chi connectivity index (χ4n) is 5.93. The zero-order chi connectivity index (χ0) is 28.6. The van der Waals surface area contributed by atoms with Gasteiger partial charge in [-0.15, -0.1) is 5.10 Å². The quantitative estimate of drug-likeness (QED) is 0.258. The lowest BCUT2D eigenvalue weighted by Crippen LogP contribution is -2.44. The van der Waals surface area contributed by atoms with E-state index in [1.807, 2.05) is 42.5 Å². The van der Waals surface area contributed by atoms with Crippen molar-refractivity contribution < 1.29 is 28.3 Å². The monoisotopic (exact) mass is 558 g/mol. The Balaban J connectivity index is 1.48. The van der Waals surface area contributed by atoms with Crippen LogP contribution in [0.25, 0.3) is 22.6 Å². The van der Waals surface area contributed by atoms with E-state index in [1.54, 1.807) is 10.8 Å². The molecule has 1 aliphatic carbocycles. The smallest absolute Gasteiger partial charge is 0.478 e. The molecule has 41 heavy (non-hydrogen) atoms. The van der Waals surface area contributed by atoms with E-state index >= 15 is 4.39 Å². The molecule has 214 valence electrons. The number of hydrogen-bond acceptors (Lipinski definition) is 5. The van der Waals surface area contributed by atoms with Crippen molar-refractivity contribution >= 4 is 35.6 Å². The van der Waals surface area contributed by atoms with Gasteiger partial charge in [0.05, 0.1) is 10.9 Å². The number of carboxylic acids is 1. The van der Waals surface area contributed by atoms with Crippen molar-refractivity contribution in [1.29, 1.82) is 0 Å². The highest BCUT2D eigenvalue weighted by Crippen LogP contribution is 2.43. The van der Waals surface area contributed by atoms with Crippen LogP contribution in [0.3, 0.4) is 0 Å². The maximum Gasteiger partial charge on any atom is 0.490 e. The average molecular weight is 558 g/mol. The van der Waals surface area contributed by atoms with Gasteiger partial charge in [-0.05, 0) is 84.0 Å². The summed E-state index contributed by atoms with van der Waals surface area (Å²) >= 11 is 0. The van der Waals surface area contributed by atoms with Gasteiger partial charge in [0.1, 0.15) is 0 Å². The molecule has 1 aromatic heterocycles. The number of hydrogen-bond donors (Lipinski definition) is 1. The number of rotatable bonds is 7. The third-order valence-corrected chi connectivity index (χ3v) is 8.33. The molecule has 3 heterocycles. The molecular weight excluding hydrogens is 522 g/mol. The summed E-state index contributed by atoms with van der Waals surface area (Å²) in [4.78, 5) is 11.0. The van der Waals surface area contributed by atoms with Crippen molar-refractivity contribution in [2.75, 3.05) is 19.8 Å². The lowest BCUT2D eigenvalue weighted by molar-refractivity contribution is -0.131. The minimum absolute atomic E-state index is 0.0721. The summed E-state index contributed by atoms with van der Waals surface area (Å²) in [7, 11) is -0.492. The van der Waals surface area contributed by atoms with Gasteiger partial charge in [0, 0.05) is 31.3 Å². The molecule has 0 radical (unpaired) electrons. The Morgan fingerprint density at radius 2 is 1.78 bits per heavy atom. The van der Waals surface area contributed by atoms with Gasteiger partial charge >= 0.3 is 13.1 Å². The van der Waals surface area contributed by atoms with E-state index in [2.05, 4.69) is 18.9 Å². The molecule has 6 rings (SSSR count). The number of allylic oxidation sites excluding steroid dienone is 1. The molecule has 1 N–H and O–H groups in total. The average Bonchev–Trinajstić information content (AvgIpc) is 3.27. The van der Waals surface area contributed by atoms with Gasteiger partial charge in [0.2, 0.25) is 5.95 Å². The Hall–Kier alpha value is -3.27. The zero-order valence-electron chi connectivity index (χ0n) is 23.6. The molecule has 2 saturated heterocycles. The van der Waals surface area contributed by atoms with E-state index in [4.69, 9.17) is 19.2 Å². The molecule has 1 atom stereocenters. The number of ether oxygens (including phenoxy) is 1. The van der Waals surface area contributed by atoms with Crippen LogP contribution in [0.15, 0.2) is 54.0 Å². The number of fused-ring (bicyclic) bond motifs is 1. The third kappa shape index (κ3) is 5.89. The maximum atomic E-state index is 15.4. The van der Waals surface area contributed by atoms with Crippen LogP contribution in [0.2, 0.25) is 0 Å². The first-order chi connectivity index (χ1) is 19.8. The molecule has 1 saturated carbocycles. The van der Waals surface area contributed by atoms with Crippen molar-refractivity contribution in [3.8, 4) is 0 Å². The fourth-order valence-corrected chi connectivity index (χ4v) is 5.93. The molecule has 0 bridgehead atoms. The summed E-state index contributed by atoms with van der Waals surface area (Å²) in [5.41, 5.74) is 5.29. The van der Waals surface area contributed by atoms with Crippen molar-refractivity contribution in [3.05, 3.63) is 76.7 Å². The molecule has 2 aromatic carbocycles. The lowest BCUT2D eigenvalue weighted by atomic mass is 9.59. The number of carboxylic acid groups (broad SMARTS) is 1. The van der Waals surface area contributed by atoms with Gasteiger partial charge in [-0.3, -0.25) is 0 Å². The van der Waals surface area contributed by atoms with Crippen molar-refractivity contribution in [3.63, 3.8) is 0 Å². The van der Waals surface area contributed by atoms with Crippen LogP contribution < -0.4 is 0 Å². The minimum atomic E-state index is -0.994. The molecule has 1 unspecified atom stereocenters. The number of carbonyl (C=O) groups is 1. The summed E-state index contributed by atoms with van der Waals surface area (Å²) in [6.45, 7) is 6.08. The van der Waals surface area contributed by atoms with E-state index in [0.29, 0.717) is 36.6 Å². The summed E-state index contributed by atoms with van der Waals surface area (Å²) in [5.74, 6) is -1.21. The number of halogens is 1. The van der Waals surface area contributed by atoms with E-state index in [9.17, 15) is 4.79 Å². The van der Waals surface area contributed by atoms with Crippen LogP contribution in [0.4, 0.5) is 4.39 Å². The summed E-state index contributed by atoms with van der Waals surface area (Å²) in [6, 6.07) is 13.6. The molecular formula is C32H36BFN2O5. The van der Waals surface area contributed by atoms with E-state index < -0.39 is 19.0 Å². The van der Waals surface area contributed by atoms with Crippen LogP contribution in [-0.4, -0.2) is 47.8 Å². The van der Waals surface area contributed by atoms with Crippen LogP contribution in [0.5, 0.6) is 0 Å². The Morgan fingerprint density at radius 1 is 1.05 bits per heavy atom. The minimum Gasteiger partial charge on any atom is -0.478 e. The standard InChI is InChI=1S/C32H36BFN2O5/c1-32(2)19-40-33(41-20-32)30(23-6-5-7-23)29(22-12-9-21(10-13-22)11-16-28(37)38)24-14-15-26-25(18-24)31(34)35-36(26)27-8-3-4-17-39-27/h9-16,18,23,27H,3-8,17,19-20H2,1-2H3,(H,37,38)/b16-11?,30-29+. The van der Waals surface area contributed by atoms with Crippen molar-refractivity contribution in [2.24, 2.45) is 11.3 Å². The maximum absolute atomic E-state index is 15.4. The second kappa shape index (κ2) is 11.5. The Labute approximate surface area is 240 Å². The number of aromatic nitrogens is 2. The number of aliphatic carboxylic acids is 1. The first kappa shape index (κ1) is 27.9. The predicted octanol–water partition coefficient (Wildman–Crippen LogP) is 6.67. The Bertz CT molecular complexity index is 1480. The summed E-state index contributed by atoms with van der Waals surface area (Å²) in [5, 5.41) is 13.7. The highest BCUT2D eigenvalue weighted by Gasteiger charge is 2.41. The molecule has 0 amide bonds. The zero-order valence-corrected chi connectivity index (χ0v) is 23.6. The first-order valence-electron chi connectivity index (χ1n) is 14.6. The van der Waals surface area contributed by atoms with Crippen LogP contribution in [-0.2, 0) is 18.8 Å². The largest absolute Gasteiger partial charge is 0.490 e. The predicted molar refractivity (Wildman–Crippen MR) is 156 cm³/mol. The molecule has 7 nitrogen and oxygen atoms in total. The third-order valence-electron chi connectivity index (χ3n) is 8.33. The molecule has 3 aromatic rings. The van der Waals surface area contributed by atoms with E-state index in [-0.39, 0.29) is 11.6 Å². The second-order valence-electron chi connectivity index (χ2n) is 12.2. The fraction of sp³-hybridized carbons (Fsp3) is 0.438. The summed E-state index contributed by atoms with van der Waals surface area (Å²) in [6.07, 6.45) is 8.50.